The average Bonchev–Trinajstić information content (AvgIpc) is 2.54. The summed E-state index contributed by atoms with van der Waals surface area (Å²) in [6.07, 6.45) is 2.08. The summed E-state index contributed by atoms with van der Waals surface area (Å²) in [6.45, 7) is 2.30. The Kier molecular flexibility index (Phi) is 5.67. The summed E-state index contributed by atoms with van der Waals surface area (Å²) in [5.41, 5.74) is 0.524. The number of carbonyl (C=O) groups is 1. The van der Waals surface area contributed by atoms with Crippen molar-refractivity contribution in [2.24, 2.45) is 5.92 Å². The molecule has 0 unspecified atom stereocenters. The van der Waals surface area contributed by atoms with Gasteiger partial charge in [-0.1, -0.05) is 0 Å². The van der Waals surface area contributed by atoms with Gasteiger partial charge in [0, 0.05) is 31.0 Å². The first-order valence-electron chi connectivity index (χ1n) is 7.72. The molecule has 1 aromatic rings. The number of sulfone groups is 1. The second-order valence-electron chi connectivity index (χ2n) is 5.86. The lowest BCUT2D eigenvalue weighted by Crippen LogP contribution is -2.42. The lowest BCUT2D eigenvalue weighted by Gasteiger charge is -2.30. The van der Waals surface area contributed by atoms with Crippen LogP contribution in [0.1, 0.15) is 19.8 Å². The van der Waals surface area contributed by atoms with E-state index in [1.165, 1.54) is 16.4 Å². The van der Waals surface area contributed by atoms with Crippen molar-refractivity contribution in [1.82, 2.24) is 4.31 Å². The lowest BCUT2D eigenvalue weighted by atomic mass is 9.97. The van der Waals surface area contributed by atoms with E-state index >= 15 is 0 Å². The van der Waals surface area contributed by atoms with Crippen LogP contribution in [0.5, 0.6) is 0 Å². The maximum Gasteiger partial charge on any atom is 0.227 e. The van der Waals surface area contributed by atoms with Gasteiger partial charge in [0.2, 0.25) is 15.9 Å². The number of benzene rings is 1. The van der Waals surface area contributed by atoms with E-state index in [0.717, 1.165) is 6.26 Å². The summed E-state index contributed by atoms with van der Waals surface area (Å²) in [5.74, 6) is -0.352. The van der Waals surface area contributed by atoms with Crippen molar-refractivity contribution in [3.8, 4) is 0 Å². The molecule has 9 heteroatoms. The van der Waals surface area contributed by atoms with Gasteiger partial charge < -0.3 is 5.32 Å². The first-order valence-corrected chi connectivity index (χ1v) is 11.2. The van der Waals surface area contributed by atoms with Crippen LogP contribution in [-0.4, -0.2) is 52.1 Å². The van der Waals surface area contributed by atoms with Gasteiger partial charge >= 0.3 is 0 Å². The van der Waals surface area contributed by atoms with Crippen LogP contribution in [0.4, 0.5) is 5.69 Å². The van der Waals surface area contributed by atoms with Crippen molar-refractivity contribution in [3.63, 3.8) is 0 Å². The van der Waals surface area contributed by atoms with Gasteiger partial charge in [-0.2, -0.15) is 0 Å². The second-order valence-corrected chi connectivity index (χ2v) is 10.1. The maximum atomic E-state index is 12.3. The van der Waals surface area contributed by atoms with E-state index in [9.17, 15) is 21.6 Å². The third-order valence-corrected chi connectivity index (χ3v) is 7.14. The zero-order chi connectivity index (χ0) is 18.0. The second kappa shape index (κ2) is 7.20. The van der Waals surface area contributed by atoms with Crippen LogP contribution in [-0.2, 0) is 24.7 Å². The molecular weight excluding hydrogens is 352 g/mol. The monoisotopic (exact) mass is 374 g/mol. The molecule has 0 radical (unpaired) electrons. The third-order valence-electron chi connectivity index (χ3n) is 4.13. The fourth-order valence-corrected chi connectivity index (χ4v) is 4.37. The molecule has 0 atom stereocenters. The van der Waals surface area contributed by atoms with Crippen molar-refractivity contribution in [3.05, 3.63) is 24.3 Å². The fraction of sp³-hybridized carbons (Fsp3) is 0.533. The van der Waals surface area contributed by atoms with Crippen molar-refractivity contribution >= 4 is 31.5 Å². The highest BCUT2D eigenvalue weighted by atomic mass is 32.2. The molecule has 1 fully saturated rings. The van der Waals surface area contributed by atoms with Gasteiger partial charge in [0.15, 0.2) is 9.84 Å². The summed E-state index contributed by atoms with van der Waals surface area (Å²) in [4.78, 5) is 12.5. The van der Waals surface area contributed by atoms with E-state index in [1.54, 1.807) is 19.1 Å². The third kappa shape index (κ3) is 4.55. The van der Waals surface area contributed by atoms with Gasteiger partial charge in [-0.15, -0.1) is 0 Å². The van der Waals surface area contributed by atoms with Crippen LogP contribution in [0.3, 0.4) is 0 Å². The van der Waals surface area contributed by atoms with E-state index < -0.39 is 19.9 Å². The first kappa shape index (κ1) is 18.9. The predicted octanol–water partition coefficient (Wildman–Crippen LogP) is 1.09. The Morgan fingerprint density at radius 1 is 1.12 bits per heavy atom. The summed E-state index contributed by atoms with van der Waals surface area (Å²) < 4.78 is 47.9. The molecule has 1 aliphatic heterocycles. The van der Waals surface area contributed by atoms with E-state index in [2.05, 4.69) is 5.32 Å². The fourth-order valence-electron chi connectivity index (χ4n) is 2.61. The number of rotatable bonds is 5. The van der Waals surface area contributed by atoms with Crippen LogP contribution in [0, 0.1) is 5.92 Å². The molecule has 1 N–H and O–H groups in total. The van der Waals surface area contributed by atoms with E-state index in [1.807, 2.05) is 0 Å². The molecule has 0 aromatic heterocycles. The minimum Gasteiger partial charge on any atom is -0.326 e. The van der Waals surface area contributed by atoms with Gasteiger partial charge in [-0.25, -0.2) is 21.1 Å². The number of amides is 1. The van der Waals surface area contributed by atoms with E-state index in [4.69, 9.17) is 0 Å². The van der Waals surface area contributed by atoms with Gasteiger partial charge in [0.05, 0.1) is 10.6 Å². The minimum atomic E-state index is -3.27. The molecule has 7 nitrogen and oxygen atoms in total. The van der Waals surface area contributed by atoms with Crippen molar-refractivity contribution in [1.29, 1.82) is 0 Å². The number of nitrogens with zero attached hydrogens (tertiary/aromatic N) is 1. The molecule has 1 saturated heterocycles. The van der Waals surface area contributed by atoms with Crippen LogP contribution >= 0.6 is 0 Å². The van der Waals surface area contributed by atoms with Gasteiger partial charge in [0.1, 0.15) is 0 Å². The molecule has 0 saturated carbocycles. The molecule has 24 heavy (non-hydrogen) atoms. The summed E-state index contributed by atoms with van der Waals surface area (Å²) >= 11 is 0. The molecule has 134 valence electrons. The number of carbonyl (C=O) groups excluding carboxylic acids is 1. The quantitative estimate of drug-likeness (QED) is 0.831. The van der Waals surface area contributed by atoms with Crippen LogP contribution < -0.4 is 5.32 Å². The molecule has 1 aromatic carbocycles. The number of nitrogens with one attached hydrogen (secondary N) is 1. The highest BCUT2D eigenvalue weighted by molar-refractivity contribution is 7.90. The molecule has 0 aliphatic carbocycles. The molecule has 2 rings (SSSR count). The summed E-state index contributed by atoms with van der Waals surface area (Å²) in [5, 5.41) is 2.76. The molecule has 1 amide bonds. The number of anilines is 1. The first-order chi connectivity index (χ1) is 11.1. The standard InChI is InChI=1S/C15H22N2O5S2/c1-3-24(21,22)17-10-8-12(9-11-17)15(18)16-13-4-6-14(7-5-13)23(2,19)20/h4-7,12H,3,8-11H2,1-2H3,(H,16,18). The Morgan fingerprint density at radius 2 is 1.67 bits per heavy atom. The van der Waals surface area contributed by atoms with Crippen molar-refractivity contribution < 1.29 is 21.6 Å². The van der Waals surface area contributed by atoms with Crippen LogP contribution in [0.25, 0.3) is 0 Å². The van der Waals surface area contributed by atoms with Gasteiger partial charge in [-0.05, 0) is 44.0 Å². The molecule has 0 spiro atoms. The average molecular weight is 374 g/mol. The Hall–Kier alpha value is -1.45. The zero-order valence-electron chi connectivity index (χ0n) is 13.7. The van der Waals surface area contributed by atoms with Crippen molar-refractivity contribution in [2.45, 2.75) is 24.7 Å². The Labute approximate surface area is 143 Å². The van der Waals surface area contributed by atoms with Crippen molar-refractivity contribution in [2.75, 3.05) is 30.4 Å². The highest BCUT2D eigenvalue weighted by Gasteiger charge is 2.30. The van der Waals surface area contributed by atoms with Crippen LogP contribution in [0.15, 0.2) is 29.2 Å². The van der Waals surface area contributed by atoms with Crippen LogP contribution in [0.2, 0.25) is 0 Å². The number of hydrogen-bond acceptors (Lipinski definition) is 5. The Morgan fingerprint density at radius 3 is 2.12 bits per heavy atom. The number of sulfonamides is 1. The lowest BCUT2D eigenvalue weighted by molar-refractivity contribution is -0.120. The Bertz CT molecular complexity index is 793. The van der Waals surface area contributed by atoms with Gasteiger partial charge in [0.25, 0.3) is 0 Å². The summed E-state index contributed by atoms with van der Waals surface area (Å²) in [6, 6.07) is 5.98. The van der Waals surface area contributed by atoms with E-state index in [-0.39, 0.29) is 22.5 Å². The number of piperidine rings is 1. The number of hydrogen-bond donors (Lipinski definition) is 1. The molecule has 1 heterocycles. The normalized spacial score (nSPS) is 17.6. The topological polar surface area (TPSA) is 101 Å². The molecule has 1 aliphatic rings. The molecular formula is C15H22N2O5S2. The smallest absolute Gasteiger partial charge is 0.227 e. The van der Waals surface area contributed by atoms with Gasteiger partial charge in [-0.3, -0.25) is 4.79 Å². The molecule has 0 bridgehead atoms. The maximum absolute atomic E-state index is 12.3. The highest BCUT2D eigenvalue weighted by Crippen LogP contribution is 2.22. The van der Waals surface area contributed by atoms with E-state index in [0.29, 0.717) is 31.6 Å². The minimum absolute atomic E-state index is 0.0660. The SMILES string of the molecule is CCS(=O)(=O)N1CCC(C(=O)Nc2ccc(S(C)(=O)=O)cc2)CC1. The Balaban J connectivity index is 1.95. The summed E-state index contributed by atoms with van der Waals surface area (Å²) in [7, 11) is -6.47. The largest absolute Gasteiger partial charge is 0.326 e. The predicted molar refractivity (Wildman–Crippen MR) is 91.9 cm³/mol. The zero-order valence-corrected chi connectivity index (χ0v) is 15.4.